The van der Waals surface area contributed by atoms with Crippen LogP contribution in [-0.4, -0.2) is 34.1 Å². The van der Waals surface area contributed by atoms with E-state index >= 15 is 0 Å². The molecule has 3 heteroatoms. The largest absolute Gasteiger partial charge is 0.396 e. The molecule has 4 fully saturated rings. The van der Waals surface area contributed by atoms with Gasteiger partial charge in [-0.1, -0.05) is 34.1 Å². The molecule has 0 bridgehead atoms. The van der Waals surface area contributed by atoms with Gasteiger partial charge in [-0.15, -0.1) is 0 Å². The van der Waals surface area contributed by atoms with Gasteiger partial charge in [-0.25, -0.2) is 0 Å². The Morgan fingerprint density at radius 3 is 2.31 bits per heavy atom. The third-order valence-electron chi connectivity index (χ3n) is 11.0. The summed E-state index contributed by atoms with van der Waals surface area (Å²) in [4.78, 5) is 0. The first-order valence-corrected chi connectivity index (χ1v) is 12.7. The van der Waals surface area contributed by atoms with Crippen molar-refractivity contribution in [2.45, 2.75) is 104 Å². The van der Waals surface area contributed by atoms with Gasteiger partial charge in [-0.05, 0) is 110 Å². The highest BCUT2D eigenvalue weighted by atomic mass is 16.3. The van der Waals surface area contributed by atoms with Gasteiger partial charge < -0.3 is 15.3 Å². The summed E-state index contributed by atoms with van der Waals surface area (Å²) in [5.74, 6) is 3.97. The molecule has 2 unspecified atom stereocenters. The van der Waals surface area contributed by atoms with Crippen LogP contribution in [0.25, 0.3) is 0 Å². The normalized spacial score (nSPS) is 53.1. The summed E-state index contributed by atoms with van der Waals surface area (Å²) in [5.41, 5.74) is 0.651. The Balaban J connectivity index is 1.63. The van der Waals surface area contributed by atoms with E-state index in [0.717, 1.165) is 44.4 Å². The number of aliphatic hydroxyl groups is 3. The quantitative estimate of drug-likeness (QED) is 0.601. The average Bonchev–Trinajstić information content (AvgIpc) is 3.05. The second kappa shape index (κ2) is 8.10. The minimum atomic E-state index is -0.190. The second-order valence-electron chi connectivity index (χ2n) is 12.0. The van der Waals surface area contributed by atoms with Gasteiger partial charge in [0.2, 0.25) is 0 Å². The second-order valence-corrected chi connectivity index (χ2v) is 12.0. The highest BCUT2D eigenvalue weighted by molar-refractivity contribution is 5.13. The number of rotatable bonds is 5. The van der Waals surface area contributed by atoms with E-state index < -0.39 is 0 Å². The van der Waals surface area contributed by atoms with Crippen LogP contribution in [0.3, 0.4) is 0 Å². The molecule has 4 aliphatic carbocycles. The lowest BCUT2D eigenvalue weighted by Gasteiger charge is -2.64. The molecule has 0 aromatic rings. The minimum absolute atomic E-state index is 0.164. The van der Waals surface area contributed by atoms with E-state index in [0.29, 0.717) is 52.9 Å². The SMILES string of the molecule is CC[C@@H]1[C@H](O)C2[C@H](CC[C@]3(C)C([C@H](C)CCCO)CC[C@@H]23)[C@@]2(C)CC[C@@H](O)C[C@@H]12. The van der Waals surface area contributed by atoms with E-state index in [1.54, 1.807) is 0 Å². The zero-order chi connectivity index (χ0) is 21.0. The van der Waals surface area contributed by atoms with Gasteiger partial charge >= 0.3 is 0 Å². The van der Waals surface area contributed by atoms with E-state index in [9.17, 15) is 15.3 Å². The van der Waals surface area contributed by atoms with Crippen molar-refractivity contribution in [2.75, 3.05) is 6.61 Å². The number of hydrogen-bond acceptors (Lipinski definition) is 3. The molecule has 4 saturated carbocycles. The lowest BCUT2D eigenvalue weighted by molar-refractivity contribution is -0.203. The molecule has 0 aromatic heterocycles. The topological polar surface area (TPSA) is 60.7 Å². The van der Waals surface area contributed by atoms with Crippen LogP contribution in [0, 0.1) is 52.3 Å². The molecule has 168 valence electrons. The van der Waals surface area contributed by atoms with Gasteiger partial charge in [0.15, 0.2) is 0 Å². The minimum Gasteiger partial charge on any atom is -0.396 e. The fourth-order valence-electron chi connectivity index (χ4n) is 9.55. The van der Waals surface area contributed by atoms with Gasteiger partial charge in [0, 0.05) is 6.61 Å². The van der Waals surface area contributed by atoms with Gasteiger partial charge in [0.25, 0.3) is 0 Å². The summed E-state index contributed by atoms with van der Waals surface area (Å²) >= 11 is 0. The molecule has 29 heavy (non-hydrogen) atoms. The zero-order valence-electron chi connectivity index (χ0n) is 19.3. The monoisotopic (exact) mass is 406 g/mol. The standard InChI is InChI=1S/C26H46O3/c1-5-18-22-15-17(28)10-12-26(22,4)21-11-13-25(3)19(16(2)7-6-14-27)8-9-20(25)23(21)24(18)29/h16-24,27-29H,5-15H2,1-4H3/t16-,17-,18+,19?,20+,21+,22+,23?,24+,25-,26-/m1/s1. The summed E-state index contributed by atoms with van der Waals surface area (Å²) in [5, 5.41) is 31.4. The van der Waals surface area contributed by atoms with Crippen LogP contribution >= 0.6 is 0 Å². The molecule has 0 amide bonds. The Morgan fingerprint density at radius 1 is 0.931 bits per heavy atom. The predicted octanol–water partition coefficient (Wildman–Crippen LogP) is 5.02. The van der Waals surface area contributed by atoms with Crippen LogP contribution in [-0.2, 0) is 0 Å². The Bertz CT molecular complexity index is 578. The summed E-state index contributed by atoms with van der Waals surface area (Å²) < 4.78 is 0. The molecule has 0 spiro atoms. The first-order chi connectivity index (χ1) is 13.8. The molecule has 0 radical (unpaired) electrons. The number of fused-ring (bicyclic) bond motifs is 5. The summed E-state index contributed by atoms with van der Waals surface area (Å²) in [6, 6.07) is 0. The summed E-state index contributed by atoms with van der Waals surface area (Å²) in [7, 11) is 0. The molecule has 0 heterocycles. The van der Waals surface area contributed by atoms with Crippen molar-refractivity contribution in [1.82, 2.24) is 0 Å². The van der Waals surface area contributed by atoms with Crippen LogP contribution in [0.4, 0.5) is 0 Å². The number of hydrogen-bond donors (Lipinski definition) is 3. The Labute approximate surface area is 178 Å². The molecule has 4 aliphatic rings. The van der Waals surface area contributed by atoms with E-state index in [-0.39, 0.29) is 12.2 Å². The summed E-state index contributed by atoms with van der Waals surface area (Å²) in [6.45, 7) is 10.0. The fourth-order valence-corrected chi connectivity index (χ4v) is 9.55. The van der Waals surface area contributed by atoms with Crippen LogP contribution < -0.4 is 0 Å². The lowest BCUT2D eigenvalue weighted by Crippen LogP contribution is -2.62. The zero-order valence-corrected chi connectivity index (χ0v) is 19.3. The van der Waals surface area contributed by atoms with Crippen LogP contribution in [0.5, 0.6) is 0 Å². The van der Waals surface area contributed by atoms with Crippen molar-refractivity contribution in [2.24, 2.45) is 52.3 Å². The van der Waals surface area contributed by atoms with Crippen LogP contribution in [0.2, 0.25) is 0 Å². The average molecular weight is 407 g/mol. The molecular weight excluding hydrogens is 360 g/mol. The van der Waals surface area contributed by atoms with Crippen molar-refractivity contribution >= 4 is 0 Å². The summed E-state index contributed by atoms with van der Waals surface area (Å²) in [6.07, 6.45) is 10.9. The van der Waals surface area contributed by atoms with E-state index in [1.165, 1.54) is 25.7 Å². The maximum absolute atomic E-state index is 11.7. The molecule has 0 aromatic carbocycles. The maximum atomic E-state index is 11.7. The molecule has 3 nitrogen and oxygen atoms in total. The van der Waals surface area contributed by atoms with Gasteiger partial charge in [0.1, 0.15) is 0 Å². The molecule has 0 saturated heterocycles. The van der Waals surface area contributed by atoms with Crippen molar-refractivity contribution in [3.8, 4) is 0 Å². The molecule has 3 N–H and O–H groups in total. The first kappa shape index (κ1) is 22.1. The Kier molecular flexibility index (Phi) is 6.17. The smallest absolute Gasteiger partial charge is 0.0605 e. The first-order valence-electron chi connectivity index (χ1n) is 12.7. The lowest BCUT2D eigenvalue weighted by atomic mass is 9.41. The highest BCUT2D eigenvalue weighted by Gasteiger charge is 2.64. The van der Waals surface area contributed by atoms with Gasteiger partial charge in [-0.3, -0.25) is 0 Å². The molecule has 11 atom stereocenters. The van der Waals surface area contributed by atoms with E-state index in [1.807, 2.05) is 0 Å². The fraction of sp³-hybridized carbons (Fsp3) is 1.00. The van der Waals surface area contributed by atoms with Crippen LogP contribution in [0.1, 0.15) is 91.9 Å². The van der Waals surface area contributed by atoms with E-state index in [4.69, 9.17) is 0 Å². The Morgan fingerprint density at radius 2 is 1.62 bits per heavy atom. The highest BCUT2D eigenvalue weighted by Crippen LogP contribution is 2.69. The predicted molar refractivity (Wildman–Crippen MR) is 117 cm³/mol. The Hall–Kier alpha value is -0.120. The third kappa shape index (κ3) is 3.33. The van der Waals surface area contributed by atoms with Crippen molar-refractivity contribution in [3.63, 3.8) is 0 Å². The maximum Gasteiger partial charge on any atom is 0.0605 e. The third-order valence-corrected chi connectivity index (χ3v) is 11.0. The molecule has 4 rings (SSSR count). The van der Waals surface area contributed by atoms with Gasteiger partial charge in [-0.2, -0.15) is 0 Å². The van der Waals surface area contributed by atoms with Crippen molar-refractivity contribution in [1.29, 1.82) is 0 Å². The number of aliphatic hydroxyl groups excluding tert-OH is 3. The van der Waals surface area contributed by atoms with Gasteiger partial charge in [0.05, 0.1) is 12.2 Å². The van der Waals surface area contributed by atoms with Crippen LogP contribution in [0.15, 0.2) is 0 Å². The van der Waals surface area contributed by atoms with Crippen molar-refractivity contribution in [3.05, 3.63) is 0 Å². The molecular formula is C26H46O3. The molecule has 0 aliphatic heterocycles. The van der Waals surface area contributed by atoms with E-state index in [2.05, 4.69) is 27.7 Å². The van der Waals surface area contributed by atoms with Crippen molar-refractivity contribution < 1.29 is 15.3 Å².